The highest BCUT2D eigenvalue weighted by atomic mass is 35.5. The van der Waals surface area contributed by atoms with E-state index in [4.69, 9.17) is 11.6 Å². The Morgan fingerprint density at radius 2 is 1.62 bits per heavy atom. The van der Waals surface area contributed by atoms with Crippen LogP contribution in [0, 0.1) is 5.92 Å². The average molecular weight is 196 g/mol. The maximum atomic E-state index is 5.66. The van der Waals surface area contributed by atoms with E-state index in [1.165, 1.54) is 17.0 Å². The minimum absolute atomic E-state index is 0.707. The topological polar surface area (TPSA) is 0 Å². The molecule has 0 saturated heterocycles. The SMILES string of the molecule is C[C](C)Cc1ccc(CCCl)cc1. The maximum Gasteiger partial charge on any atom is 0.0263 e. The molecule has 13 heavy (non-hydrogen) atoms. The summed E-state index contributed by atoms with van der Waals surface area (Å²) >= 11 is 5.66. The van der Waals surface area contributed by atoms with Crippen LogP contribution < -0.4 is 0 Å². The second kappa shape index (κ2) is 5.29. The van der Waals surface area contributed by atoms with Crippen LogP contribution in [0.25, 0.3) is 0 Å². The molecule has 1 radical (unpaired) electrons. The van der Waals surface area contributed by atoms with Crippen molar-refractivity contribution < 1.29 is 0 Å². The van der Waals surface area contributed by atoms with E-state index in [2.05, 4.69) is 38.1 Å². The number of halogens is 1. The first kappa shape index (κ1) is 10.6. The molecule has 0 spiro atoms. The number of rotatable bonds is 4. The Balaban J connectivity index is 2.59. The Morgan fingerprint density at radius 3 is 2.08 bits per heavy atom. The van der Waals surface area contributed by atoms with E-state index in [1.54, 1.807) is 0 Å². The summed E-state index contributed by atoms with van der Waals surface area (Å²) in [7, 11) is 0. The Kier molecular flexibility index (Phi) is 4.31. The van der Waals surface area contributed by atoms with Crippen molar-refractivity contribution in [2.24, 2.45) is 0 Å². The zero-order valence-electron chi connectivity index (χ0n) is 8.31. The lowest BCUT2D eigenvalue weighted by atomic mass is 10.0. The molecule has 0 aliphatic carbocycles. The van der Waals surface area contributed by atoms with E-state index in [0.29, 0.717) is 5.88 Å². The molecule has 0 saturated carbocycles. The molecule has 0 unspecified atom stereocenters. The van der Waals surface area contributed by atoms with E-state index < -0.39 is 0 Å². The summed E-state index contributed by atoms with van der Waals surface area (Å²) in [5, 5.41) is 0. The first-order valence-electron chi connectivity index (χ1n) is 4.65. The van der Waals surface area contributed by atoms with Gasteiger partial charge in [-0.3, -0.25) is 0 Å². The van der Waals surface area contributed by atoms with Crippen LogP contribution in [0.4, 0.5) is 0 Å². The molecule has 0 fully saturated rings. The van der Waals surface area contributed by atoms with E-state index in [1.807, 2.05) is 0 Å². The summed E-state index contributed by atoms with van der Waals surface area (Å²) < 4.78 is 0. The second-order valence-corrected chi connectivity index (χ2v) is 4.02. The summed E-state index contributed by atoms with van der Waals surface area (Å²) in [4.78, 5) is 0. The van der Waals surface area contributed by atoms with Gasteiger partial charge in [-0.05, 0) is 29.9 Å². The molecular weight excluding hydrogens is 180 g/mol. The highest BCUT2D eigenvalue weighted by molar-refractivity contribution is 6.17. The highest BCUT2D eigenvalue weighted by Crippen LogP contribution is 2.11. The lowest BCUT2D eigenvalue weighted by molar-refractivity contribution is 0.954. The van der Waals surface area contributed by atoms with Crippen molar-refractivity contribution in [3.05, 3.63) is 41.3 Å². The zero-order valence-corrected chi connectivity index (χ0v) is 9.06. The zero-order chi connectivity index (χ0) is 9.68. The molecule has 0 heterocycles. The van der Waals surface area contributed by atoms with Gasteiger partial charge in [0.2, 0.25) is 0 Å². The van der Waals surface area contributed by atoms with Gasteiger partial charge in [0, 0.05) is 5.88 Å². The molecule has 0 N–H and O–H groups in total. The van der Waals surface area contributed by atoms with Gasteiger partial charge in [-0.1, -0.05) is 38.1 Å². The summed E-state index contributed by atoms with van der Waals surface area (Å²) in [6, 6.07) is 8.71. The number of hydrogen-bond donors (Lipinski definition) is 0. The van der Waals surface area contributed by atoms with Gasteiger partial charge in [-0.25, -0.2) is 0 Å². The van der Waals surface area contributed by atoms with Crippen LogP contribution in [0.3, 0.4) is 0 Å². The fourth-order valence-electron chi connectivity index (χ4n) is 1.34. The Hall–Kier alpha value is -0.490. The molecule has 0 bridgehead atoms. The van der Waals surface area contributed by atoms with Crippen LogP contribution in [0.15, 0.2) is 24.3 Å². The molecule has 0 aromatic heterocycles. The van der Waals surface area contributed by atoms with E-state index in [0.717, 1.165) is 12.8 Å². The third kappa shape index (κ3) is 3.82. The van der Waals surface area contributed by atoms with Gasteiger partial charge in [0.1, 0.15) is 0 Å². The number of hydrogen-bond acceptors (Lipinski definition) is 0. The Morgan fingerprint density at radius 1 is 1.08 bits per heavy atom. The third-order valence-electron chi connectivity index (χ3n) is 1.96. The fourth-order valence-corrected chi connectivity index (χ4v) is 1.56. The van der Waals surface area contributed by atoms with Crippen LogP contribution in [-0.2, 0) is 12.8 Å². The van der Waals surface area contributed by atoms with Gasteiger partial charge >= 0.3 is 0 Å². The first-order chi connectivity index (χ1) is 6.22. The van der Waals surface area contributed by atoms with Crippen molar-refractivity contribution >= 4 is 11.6 Å². The molecule has 0 amide bonds. The van der Waals surface area contributed by atoms with Gasteiger partial charge in [-0.15, -0.1) is 11.6 Å². The predicted octanol–water partition coefficient (Wildman–Crippen LogP) is 3.62. The summed E-state index contributed by atoms with van der Waals surface area (Å²) in [6.07, 6.45) is 2.05. The molecule has 0 nitrogen and oxygen atoms in total. The van der Waals surface area contributed by atoms with Gasteiger partial charge in [-0.2, -0.15) is 0 Å². The average Bonchev–Trinajstić information content (AvgIpc) is 2.08. The van der Waals surface area contributed by atoms with Crippen molar-refractivity contribution in [1.82, 2.24) is 0 Å². The van der Waals surface area contributed by atoms with Crippen molar-refractivity contribution in [2.75, 3.05) is 5.88 Å². The maximum absolute atomic E-state index is 5.66. The minimum Gasteiger partial charge on any atom is -0.126 e. The first-order valence-corrected chi connectivity index (χ1v) is 5.18. The van der Waals surface area contributed by atoms with Crippen molar-refractivity contribution in [3.8, 4) is 0 Å². The van der Waals surface area contributed by atoms with Crippen LogP contribution in [0.2, 0.25) is 0 Å². The normalized spacial score (nSPS) is 10.8. The number of benzene rings is 1. The monoisotopic (exact) mass is 195 g/mol. The third-order valence-corrected chi connectivity index (χ3v) is 2.15. The number of alkyl halides is 1. The van der Waals surface area contributed by atoms with Crippen LogP contribution >= 0.6 is 11.6 Å². The van der Waals surface area contributed by atoms with Gasteiger partial charge in [0.15, 0.2) is 0 Å². The Bertz CT molecular complexity index is 236. The van der Waals surface area contributed by atoms with Crippen LogP contribution in [0.1, 0.15) is 25.0 Å². The van der Waals surface area contributed by atoms with E-state index >= 15 is 0 Å². The van der Waals surface area contributed by atoms with E-state index in [9.17, 15) is 0 Å². The molecule has 1 heteroatoms. The van der Waals surface area contributed by atoms with Crippen molar-refractivity contribution in [3.63, 3.8) is 0 Å². The van der Waals surface area contributed by atoms with Crippen LogP contribution in [0.5, 0.6) is 0 Å². The molecule has 0 aliphatic heterocycles. The molecule has 1 aromatic carbocycles. The standard InChI is InChI=1S/C12H16Cl/c1-10(2)9-12-5-3-11(4-6-12)7-8-13/h3-6H,7-9H2,1-2H3. The highest BCUT2D eigenvalue weighted by Gasteiger charge is 1.97. The minimum atomic E-state index is 0.707. The summed E-state index contributed by atoms with van der Waals surface area (Å²) in [6.45, 7) is 4.32. The van der Waals surface area contributed by atoms with Crippen LogP contribution in [-0.4, -0.2) is 5.88 Å². The largest absolute Gasteiger partial charge is 0.126 e. The van der Waals surface area contributed by atoms with Gasteiger partial charge in [0.05, 0.1) is 0 Å². The van der Waals surface area contributed by atoms with Gasteiger partial charge < -0.3 is 0 Å². The Labute approximate surface area is 85.9 Å². The lowest BCUT2D eigenvalue weighted by Gasteiger charge is -2.05. The predicted molar refractivity (Wildman–Crippen MR) is 59.2 cm³/mol. The lowest BCUT2D eigenvalue weighted by Crippen LogP contribution is -1.92. The smallest absolute Gasteiger partial charge is 0.0263 e. The molecule has 1 rings (SSSR count). The summed E-state index contributed by atoms with van der Waals surface area (Å²) in [5.74, 6) is 2.16. The molecule has 0 atom stereocenters. The molecule has 1 aromatic rings. The quantitative estimate of drug-likeness (QED) is 0.644. The summed E-state index contributed by atoms with van der Waals surface area (Å²) in [5.41, 5.74) is 2.71. The van der Waals surface area contributed by atoms with Gasteiger partial charge in [0.25, 0.3) is 0 Å². The molecular formula is C12H16Cl. The molecule has 0 aliphatic rings. The number of aryl methyl sites for hydroxylation is 1. The fraction of sp³-hybridized carbons (Fsp3) is 0.417. The molecule has 71 valence electrons. The van der Waals surface area contributed by atoms with E-state index in [-0.39, 0.29) is 0 Å². The van der Waals surface area contributed by atoms with Crippen molar-refractivity contribution in [1.29, 1.82) is 0 Å². The van der Waals surface area contributed by atoms with Crippen molar-refractivity contribution in [2.45, 2.75) is 26.7 Å². The second-order valence-electron chi connectivity index (χ2n) is 3.64.